The highest BCUT2D eigenvalue weighted by atomic mass is 16.5. The molecule has 1 aliphatic carbocycles. The lowest BCUT2D eigenvalue weighted by molar-refractivity contribution is 0.380. The lowest BCUT2D eigenvalue weighted by Gasteiger charge is -2.25. The molecule has 0 atom stereocenters. The third kappa shape index (κ3) is 2.21. The largest absolute Gasteiger partial charge is 0.497 e. The number of nitrogens with two attached hydrogens (primary N) is 1. The summed E-state index contributed by atoms with van der Waals surface area (Å²) in [6.07, 6.45) is 4.51. The van der Waals surface area contributed by atoms with Gasteiger partial charge < -0.3 is 15.0 Å². The van der Waals surface area contributed by atoms with Gasteiger partial charge in [0.15, 0.2) is 0 Å². The summed E-state index contributed by atoms with van der Waals surface area (Å²) in [6, 6.07) is 6.46. The molecule has 2 aromatic rings. The minimum absolute atomic E-state index is 0.381. The lowest BCUT2D eigenvalue weighted by Crippen LogP contribution is -2.26. The van der Waals surface area contributed by atoms with Crippen molar-refractivity contribution >= 4 is 11.0 Å². The van der Waals surface area contributed by atoms with Gasteiger partial charge in [0.05, 0.1) is 18.1 Å². The second-order valence-corrected chi connectivity index (χ2v) is 5.50. The van der Waals surface area contributed by atoms with Gasteiger partial charge in [0, 0.05) is 25.1 Å². The van der Waals surface area contributed by atoms with Crippen LogP contribution in [0.4, 0.5) is 0 Å². The zero-order valence-corrected chi connectivity index (χ0v) is 11.6. The predicted molar refractivity (Wildman–Crippen MR) is 76.5 cm³/mol. The van der Waals surface area contributed by atoms with E-state index in [1.165, 1.54) is 11.3 Å². The van der Waals surface area contributed by atoms with E-state index in [2.05, 4.69) is 17.7 Å². The second kappa shape index (κ2) is 4.85. The third-order valence-corrected chi connectivity index (χ3v) is 4.26. The fourth-order valence-electron chi connectivity index (χ4n) is 3.07. The molecule has 1 saturated carbocycles. The summed E-state index contributed by atoms with van der Waals surface area (Å²) in [7, 11) is 3.79. The van der Waals surface area contributed by atoms with Crippen LogP contribution in [-0.4, -0.2) is 22.7 Å². The van der Waals surface area contributed by atoms with Crippen molar-refractivity contribution in [2.24, 2.45) is 12.8 Å². The predicted octanol–water partition coefficient (Wildman–Crippen LogP) is 2.57. The molecule has 0 bridgehead atoms. The smallest absolute Gasteiger partial charge is 0.121 e. The number of fused-ring (bicyclic) bond motifs is 1. The molecule has 102 valence electrons. The Morgan fingerprint density at radius 3 is 2.68 bits per heavy atom. The van der Waals surface area contributed by atoms with Crippen molar-refractivity contribution in [3.05, 3.63) is 24.0 Å². The summed E-state index contributed by atoms with van der Waals surface area (Å²) in [6.45, 7) is 0. The summed E-state index contributed by atoms with van der Waals surface area (Å²) in [5.41, 5.74) is 8.17. The molecule has 1 aromatic heterocycles. The van der Waals surface area contributed by atoms with E-state index in [0.29, 0.717) is 12.0 Å². The maximum atomic E-state index is 5.98. The SMILES string of the molecule is COc1ccc2c(c1)nc(C1CCC(N)CC1)n2C. The van der Waals surface area contributed by atoms with E-state index in [9.17, 15) is 0 Å². The van der Waals surface area contributed by atoms with Crippen molar-refractivity contribution in [1.82, 2.24) is 9.55 Å². The van der Waals surface area contributed by atoms with Crippen molar-refractivity contribution in [3.63, 3.8) is 0 Å². The molecule has 0 saturated heterocycles. The molecule has 0 amide bonds. The number of hydrogen-bond donors (Lipinski definition) is 1. The molecule has 3 rings (SSSR count). The number of methoxy groups -OCH3 is 1. The molecule has 1 fully saturated rings. The van der Waals surface area contributed by atoms with Crippen molar-refractivity contribution in [1.29, 1.82) is 0 Å². The van der Waals surface area contributed by atoms with E-state index >= 15 is 0 Å². The topological polar surface area (TPSA) is 53.1 Å². The van der Waals surface area contributed by atoms with E-state index in [0.717, 1.165) is 36.9 Å². The molecule has 1 aliphatic rings. The van der Waals surface area contributed by atoms with Gasteiger partial charge in [0.1, 0.15) is 11.6 Å². The monoisotopic (exact) mass is 259 g/mol. The first kappa shape index (κ1) is 12.5. The Kier molecular flexibility index (Phi) is 3.19. The fraction of sp³-hybridized carbons (Fsp3) is 0.533. The Morgan fingerprint density at radius 2 is 2.00 bits per heavy atom. The minimum atomic E-state index is 0.381. The number of imidazole rings is 1. The summed E-state index contributed by atoms with van der Waals surface area (Å²) >= 11 is 0. The number of ether oxygens (including phenoxy) is 1. The van der Waals surface area contributed by atoms with Crippen molar-refractivity contribution in [2.45, 2.75) is 37.6 Å². The molecule has 19 heavy (non-hydrogen) atoms. The van der Waals surface area contributed by atoms with Gasteiger partial charge >= 0.3 is 0 Å². The highest BCUT2D eigenvalue weighted by Crippen LogP contribution is 2.33. The molecule has 4 nitrogen and oxygen atoms in total. The maximum absolute atomic E-state index is 5.98. The van der Waals surface area contributed by atoms with Gasteiger partial charge in [-0.25, -0.2) is 4.98 Å². The molecule has 0 aliphatic heterocycles. The van der Waals surface area contributed by atoms with Gasteiger partial charge in [0.2, 0.25) is 0 Å². The van der Waals surface area contributed by atoms with E-state index in [1.54, 1.807) is 7.11 Å². The number of aryl methyl sites for hydroxylation is 1. The highest BCUT2D eigenvalue weighted by molar-refractivity contribution is 5.77. The van der Waals surface area contributed by atoms with Crippen LogP contribution in [-0.2, 0) is 7.05 Å². The Bertz CT molecular complexity index is 582. The van der Waals surface area contributed by atoms with Crippen LogP contribution in [0.1, 0.15) is 37.4 Å². The quantitative estimate of drug-likeness (QED) is 0.901. The number of hydrogen-bond acceptors (Lipinski definition) is 3. The van der Waals surface area contributed by atoms with Crippen LogP contribution in [0.25, 0.3) is 11.0 Å². The summed E-state index contributed by atoms with van der Waals surface area (Å²) in [5.74, 6) is 2.60. The molecule has 0 radical (unpaired) electrons. The number of nitrogens with zero attached hydrogens (tertiary/aromatic N) is 2. The summed E-state index contributed by atoms with van der Waals surface area (Å²) in [5, 5.41) is 0. The average molecular weight is 259 g/mol. The first-order valence-electron chi connectivity index (χ1n) is 6.95. The highest BCUT2D eigenvalue weighted by Gasteiger charge is 2.24. The average Bonchev–Trinajstić information content (AvgIpc) is 2.76. The Balaban J connectivity index is 1.97. The molecule has 0 unspecified atom stereocenters. The Labute approximate surface area is 113 Å². The standard InChI is InChI=1S/C15H21N3O/c1-18-14-8-7-12(19-2)9-13(14)17-15(18)10-3-5-11(16)6-4-10/h7-11H,3-6,16H2,1-2H3. The zero-order chi connectivity index (χ0) is 13.4. The van der Waals surface area contributed by atoms with Gasteiger partial charge in [-0.05, 0) is 37.8 Å². The van der Waals surface area contributed by atoms with E-state index in [4.69, 9.17) is 15.5 Å². The molecule has 2 N–H and O–H groups in total. The van der Waals surface area contributed by atoms with Crippen LogP contribution >= 0.6 is 0 Å². The first-order valence-corrected chi connectivity index (χ1v) is 6.95. The van der Waals surface area contributed by atoms with E-state index in [-0.39, 0.29) is 0 Å². The Morgan fingerprint density at radius 1 is 1.26 bits per heavy atom. The Hall–Kier alpha value is -1.55. The minimum Gasteiger partial charge on any atom is -0.497 e. The summed E-state index contributed by atoms with van der Waals surface area (Å²) in [4.78, 5) is 4.81. The number of rotatable bonds is 2. The van der Waals surface area contributed by atoms with Crippen LogP contribution in [0.5, 0.6) is 5.75 Å². The molecule has 1 heterocycles. The molecular weight excluding hydrogens is 238 g/mol. The van der Waals surface area contributed by atoms with Crippen LogP contribution < -0.4 is 10.5 Å². The third-order valence-electron chi connectivity index (χ3n) is 4.26. The van der Waals surface area contributed by atoms with E-state index < -0.39 is 0 Å². The first-order chi connectivity index (χ1) is 9.19. The van der Waals surface area contributed by atoms with Crippen LogP contribution in [0.15, 0.2) is 18.2 Å². The van der Waals surface area contributed by atoms with Crippen LogP contribution in [0.3, 0.4) is 0 Å². The van der Waals surface area contributed by atoms with Crippen LogP contribution in [0.2, 0.25) is 0 Å². The van der Waals surface area contributed by atoms with Gasteiger partial charge in [-0.15, -0.1) is 0 Å². The molecule has 1 aromatic carbocycles. The van der Waals surface area contributed by atoms with E-state index in [1.807, 2.05) is 12.1 Å². The van der Waals surface area contributed by atoms with Crippen molar-refractivity contribution in [2.75, 3.05) is 7.11 Å². The van der Waals surface area contributed by atoms with Crippen LogP contribution in [0, 0.1) is 0 Å². The zero-order valence-electron chi connectivity index (χ0n) is 11.6. The second-order valence-electron chi connectivity index (χ2n) is 5.50. The lowest BCUT2D eigenvalue weighted by atomic mass is 9.86. The van der Waals surface area contributed by atoms with Gasteiger partial charge in [0.25, 0.3) is 0 Å². The molecular formula is C15H21N3O. The van der Waals surface area contributed by atoms with Gasteiger partial charge in [-0.3, -0.25) is 0 Å². The maximum Gasteiger partial charge on any atom is 0.121 e. The van der Waals surface area contributed by atoms with Crippen molar-refractivity contribution < 1.29 is 4.74 Å². The normalized spacial score (nSPS) is 23.7. The number of benzene rings is 1. The molecule has 4 heteroatoms. The van der Waals surface area contributed by atoms with Crippen molar-refractivity contribution in [3.8, 4) is 5.75 Å². The number of aromatic nitrogens is 2. The molecule has 0 spiro atoms. The summed E-state index contributed by atoms with van der Waals surface area (Å²) < 4.78 is 7.48. The van der Waals surface area contributed by atoms with Gasteiger partial charge in [-0.1, -0.05) is 0 Å². The fourth-order valence-corrected chi connectivity index (χ4v) is 3.07. The van der Waals surface area contributed by atoms with Gasteiger partial charge in [-0.2, -0.15) is 0 Å².